The molecule has 0 aromatic heterocycles. The Morgan fingerprint density at radius 3 is 2.27 bits per heavy atom. The number of nitrogens with zero attached hydrogens (tertiary/aromatic N) is 2. The van der Waals surface area contributed by atoms with Crippen molar-refractivity contribution in [3.63, 3.8) is 0 Å². The highest BCUT2D eigenvalue weighted by Crippen LogP contribution is 2.52. The first-order valence-electron chi connectivity index (χ1n) is 6.59. The Bertz CT molecular complexity index is 629. The lowest BCUT2D eigenvalue weighted by molar-refractivity contribution is -0.384. The van der Waals surface area contributed by atoms with Gasteiger partial charge in [-0.2, -0.15) is 0 Å². The second-order valence-corrected chi connectivity index (χ2v) is 7.32. The lowest BCUT2D eigenvalue weighted by Crippen LogP contribution is -2.48. The van der Waals surface area contributed by atoms with Gasteiger partial charge in [0.2, 0.25) is 5.91 Å². The highest BCUT2D eigenvalue weighted by atomic mass is 32.2. The van der Waals surface area contributed by atoms with Crippen LogP contribution in [0.25, 0.3) is 0 Å². The van der Waals surface area contributed by atoms with E-state index in [0.29, 0.717) is 5.56 Å². The molecule has 1 aliphatic rings. The Labute approximate surface area is 131 Å². The smallest absolute Gasteiger partial charge is 0.327 e. The van der Waals surface area contributed by atoms with Crippen molar-refractivity contribution in [3.05, 3.63) is 39.9 Å². The Morgan fingerprint density at radius 1 is 1.32 bits per heavy atom. The largest absolute Gasteiger partial charge is 0.480 e. The molecule has 1 N–H and O–H groups in total. The van der Waals surface area contributed by atoms with Gasteiger partial charge in [-0.3, -0.25) is 14.9 Å². The Kier molecular flexibility index (Phi) is 4.15. The number of nitro groups is 1. The van der Waals surface area contributed by atoms with Crippen molar-refractivity contribution in [2.24, 2.45) is 0 Å². The van der Waals surface area contributed by atoms with Gasteiger partial charge in [0.25, 0.3) is 5.69 Å². The van der Waals surface area contributed by atoms with E-state index in [1.807, 2.05) is 0 Å². The first-order valence-corrected chi connectivity index (χ1v) is 7.47. The molecule has 0 aliphatic carbocycles. The predicted octanol–water partition coefficient (Wildman–Crippen LogP) is 2.42. The van der Waals surface area contributed by atoms with Gasteiger partial charge in [-0.25, -0.2) is 4.79 Å². The number of carbonyl (C=O) groups is 2. The number of benzene rings is 1. The third-order valence-corrected chi connectivity index (χ3v) is 5.14. The van der Waals surface area contributed by atoms with Crippen LogP contribution in [-0.2, 0) is 9.59 Å². The predicted molar refractivity (Wildman–Crippen MR) is 81.5 cm³/mol. The van der Waals surface area contributed by atoms with Gasteiger partial charge >= 0.3 is 5.97 Å². The molecule has 0 unspecified atom stereocenters. The van der Waals surface area contributed by atoms with Gasteiger partial charge in [0.05, 0.1) is 4.92 Å². The summed E-state index contributed by atoms with van der Waals surface area (Å²) < 4.78 is -0.663. The number of non-ortho nitro benzene ring substituents is 1. The van der Waals surface area contributed by atoms with E-state index in [2.05, 4.69) is 0 Å². The summed E-state index contributed by atoms with van der Waals surface area (Å²) in [5.41, 5.74) is 0.623. The van der Waals surface area contributed by atoms with Gasteiger partial charge in [-0.1, -0.05) is 0 Å². The minimum Gasteiger partial charge on any atom is -0.480 e. The molecule has 8 heteroatoms. The number of thioether (sulfide) groups is 1. The van der Waals surface area contributed by atoms with Gasteiger partial charge in [-0.15, -0.1) is 11.8 Å². The van der Waals surface area contributed by atoms with E-state index in [9.17, 15) is 24.8 Å². The maximum absolute atomic E-state index is 11.9. The zero-order valence-corrected chi connectivity index (χ0v) is 13.2. The molecule has 1 heterocycles. The monoisotopic (exact) mass is 324 g/mol. The number of amides is 1. The number of hydrogen-bond acceptors (Lipinski definition) is 5. The number of rotatable bonds is 3. The van der Waals surface area contributed by atoms with Crippen LogP contribution in [0.15, 0.2) is 24.3 Å². The molecule has 22 heavy (non-hydrogen) atoms. The molecule has 1 amide bonds. The maximum atomic E-state index is 11.9. The molecule has 2 rings (SSSR count). The van der Waals surface area contributed by atoms with E-state index in [1.165, 1.54) is 35.7 Å². The first-order chi connectivity index (χ1) is 10.1. The van der Waals surface area contributed by atoms with Gasteiger partial charge < -0.3 is 10.0 Å². The summed E-state index contributed by atoms with van der Waals surface area (Å²) in [6, 6.07) is 4.89. The lowest BCUT2D eigenvalue weighted by Gasteiger charge is -2.28. The summed E-state index contributed by atoms with van der Waals surface area (Å²) >= 11 is 1.36. The van der Waals surface area contributed by atoms with Crippen molar-refractivity contribution in [2.45, 2.75) is 36.9 Å². The number of hydrogen-bond donors (Lipinski definition) is 1. The minimum absolute atomic E-state index is 0.0461. The molecular weight excluding hydrogens is 308 g/mol. The zero-order valence-electron chi connectivity index (χ0n) is 12.3. The van der Waals surface area contributed by atoms with Crippen molar-refractivity contribution >= 4 is 29.3 Å². The van der Waals surface area contributed by atoms with Crippen molar-refractivity contribution in [2.75, 3.05) is 0 Å². The molecule has 1 saturated heterocycles. The Hall–Kier alpha value is -2.09. The van der Waals surface area contributed by atoms with Crippen LogP contribution < -0.4 is 0 Å². The molecule has 1 aromatic rings. The van der Waals surface area contributed by atoms with Crippen LogP contribution in [0.4, 0.5) is 5.69 Å². The molecule has 0 spiro atoms. The summed E-state index contributed by atoms with van der Waals surface area (Å²) in [6.45, 7) is 4.88. The summed E-state index contributed by atoms with van der Waals surface area (Å²) in [7, 11) is 0. The minimum atomic E-state index is -1.06. The fourth-order valence-corrected chi connectivity index (χ4v) is 4.23. The second-order valence-electron chi connectivity index (χ2n) is 5.59. The van der Waals surface area contributed by atoms with E-state index in [1.54, 1.807) is 26.0 Å². The topological polar surface area (TPSA) is 101 Å². The number of nitro benzene ring substituents is 1. The molecule has 0 saturated carbocycles. The Morgan fingerprint density at radius 2 is 1.86 bits per heavy atom. The van der Waals surface area contributed by atoms with Crippen LogP contribution in [0.3, 0.4) is 0 Å². The summed E-state index contributed by atoms with van der Waals surface area (Å²) in [6.07, 6.45) is 0. The van der Waals surface area contributed by atoms with E-state index in [4.69, 9.17) is 0 Å². The van der Waals surface area contributed by atoms with Crippen molar-refractivity contribution in [1.29, 1.82) is 0 Å². The summed E-state index contributed by atoms with van der Waals surface area (Å²) in [5, 5.41) is 19.7. The molecule has 1 aromatic carbocycles. The molecule has 0 bridgehead atoms. The molecule has 2 atom stereocenters. The van der Waals surface area contributed by atoms with Gasteiger partial charge in [0.1, 0.15) is 11.4 Å². The van der Waals surface area contributed by atoms with Crippen LogP contribution in [0.2, 0.25) is 0 Å². The fourth-order valence-electron chi connectivity index (χ4n) is 2.63. The maximum Gasteiger partial charge on any atom is 0.327 e. The number of carbonyl (C=O) groups excluding carboxylic acids is 1. The normalized spacial score (nSPS) is 23.3. The quantitative estimate of drug-likeness (QED) is 0.677. The fraction of sp³-hybridized carbons (Fsp3) is 0.429. The molecule has 1 fully saturated rings. The molecule has 0 radical (unpaired) electrons. The average Bonchev–Trinajstić information content (AvgIpc) is 2.70. The number of carboxylic acids is 1. The third-order valence-electron chi connectivity index (χ3n) is 3.59. The van der Waals surface area contributed by atoms with Crippen molar-refractivity contribution < 1.29 is 19.6 Å². The molecule has 1 aliphatic heterocycles. The molecule has 7 nitrogen and oxygen atoms in total. The van der Waals surface area contributed by atoms with Crippen molar-refractivity contribution in [1.82, 2.24) is 4.90 Å². The zero-order chi connectivity index (χ0) is 16.7. The van der Waals surface area contributed by atoms with Gasteiger partial charge in [-0.05, 0) is 31.5 Å². The van der Waals surface area contributed by atoms with Crippen LogP contribution in [0.5, 0.6) is 0 Å². The number of carboxylic acid groups (broad SMARTS) is 1. The van der Waals surface area contributed by atoms with Crippen LogP contribution in [0.1, 0.15) is 31.7 Å². The highest BCUT2D eigenvalue weighted by Gasteiger charge is 2.52. The van der Waals surface area contributed by atoms with Gasteiger partial charge in [0, 0.05) is 23.8 Å². The second kappa shape index (κ2) is 5.60. The molecular formula is C14H16N2O5S. The van der Waals surface area contributed by atoms with E-state index < -0.39 is 27.1 Å². The lowest BCUT2D eigenvalue weighted by atomic mass is 10.0. The van der Waals surface area contributed by atoms with E-state index in [-0.39, 0.29) is 11.6 Å². The average molecular weight is 324 g/mol. The van der Waals surface area contributed by atoms with E-state index >= 15 is 0 Å². The van der Waals surface area contributed by atoms with Crippen LogP contribution in [0, 0.1) is 10.1 Å². The summed E-state index contributed by atoms with van der Waals surface area (Å²) in [4.78, 5) is 35.0. The van der Waals surface area contributed by atoms with Crippen LogP contribution in [-0.4, -0.2) is 37.6 Å². The SMILES string of the molecule is CC(=O)N1[C@H](c2ccc([N+](=O)[O-])cc2)SC(C)(C)[C@H]1C(=O)O. The molecule has 118 valence electrons. The van der Waals surface area contributed by atoms with E-state index in [0.717, 1.165) is 0 Å². The highest BCUT2D eigenvalue weighted by molar-refractivity contribution is 8.01. The number of aliphatic carboxylic acids is 1. The van der Waals surface area contributed by atoms with Crippen molar-refractivity contribution in [3.8, 4) is 0 Å². The first kappa shape index (κ1) is 16.3. The van der Waals surface area contributed by atoms with Gasteiger partial charge in [0.15, 0.2) is 0 Å². The standard InChI is InChI=1S/C14H16N2O5S/c1-8(17)15-11(13(18)19)14(2,3)22-12(15)9-4-6-10(7-5-9)16(20)21/h4-7,11-12H,1-3H3,(H,18,19)/t11-,12+/m1/s1. The van der Waals surface area contributed by atoms with Crippen LogP contribution >= 0.6 is 11.8 Å². The third kappa shape index (κ3) is 2.78. The summed E-state index contributed by atoms with van der Waals surface area (Å²) in [5.74, 6) is -1.40. The Balaban J connectivity index is 2.43.